The van der Waals surface area contributed by atoms with E-state index in [1.807, 2.05) is 67.5 Å². The van der Waals surface area contributed by atoms with Crippen LogP contribution < -0.4 is 0 Å². The second kappa shape index (κ2) is 22.5. The molecule has 0 saturated carbocycles. The fourth-order valence-electron chi connectivity index (χ4n) is 1.29. The molecule has 0 fully saturated rings. The van der Waals surface area contributed by atoms with Gasteiger partial charge in [-0.2, -0.15) is 0 Å². The highest BCUT2D eigenvalue weighted by Gasteiger charge is 1.97. The van der Waals surface area contributed by atoms with Crippen molar-refractivity contribution in [3.05, 3.63) is 48.5 Å². The molecule has 24 heavy (non-hydrogen) atoms. The van der Waals surface area contributed by atoms with E-state index in [2.05, 4.69) is 55.3 Å². The lowest BCUT2D eigenvalue weighted by molar-refractivity contribution is 1.32. The van der Waals surface area contributed by atoms with Gasteiger partial charge in [0.1, 0.15) is 0 Å². The molecule has 0 aromatic heterocycles. The SMILES string of the molecule is CC.CC.CC.CC.CSc1ccc(Sc2ccc(S)cc2)cc1. The first kappa shape index (κ1) is 28.3. The van der Waals surface area contributed by atoms with Gasteiger partial charge < -0.3 is 0 Å². The third kappa shape index (κ3) is 13.9. The smallest absolute Gasteiger partial charge is 0.0123 e. The minimum Gasteiger partial charge on any atom is -0.143 e. The first-order chi connectivity index (χ1) is 11.8. The van der Waals surface area contributed by atoms with Crippen molar-refractivity contribution in [2.75, 3.05) is 6.26 Å². The van der Waals surface area contributed by atoms with Crippen LogP contribution in [0.2, 0.25) is 0 Å². The number of hydrogen-bond donors (Lipinski definition) is 1. The molecule has 0 unspecified atom stereocenters. The Bertz CT molecular complexity index is 448. The lowest BCUT2D eigenvalue weighted by Gasteiger charge is -2.02. The van der Waals surface area contributed by atoms with Crippen molar-refractivity contribution < 1.29 is 0 Å². The van der Waals surface area contributed by atoms with Crippen LogP contribution in [0.15, 0.2) is 68.1 Å². The molecule has 0 amide bonds. The molecule has 138 valence electrons. The Morgan fingerprint density at radius 1 is 0.542 bits per heavy atom. The van der Waals surface area contributed by atoms with E-state index in [9.17, 15) is 0 Å². The predicted octanol–water partition coefficient (Wildman–Crippen LogP) is 8.95. The van der Waals surface area contributed by atoms with Crippen molar-refractivity contribution in [1.29, 1.82) is 0 Å². The van der Waals surface area contributed by atoms with Gasteiger partial charge in [0, 0.05) is 19.6 Å². The molecule has 0 atom stereocenters. The van der Waals surface area contributed by atoms with Crippen LogP contribution in [0, 0.1) is 0 Å². The highest BCUT2D eigenvalue weighted by Crippen LogP contribution is 2.29. The molecule has 0 N–H and O–H groups in total. The van der Waals surface area contributed by atoms with Gasteiger partial charge in [0.15, 0.2) is 0 Å². The minimum atomic E-state index is 1.00. The van der Waals surface area contributed by atoms with Gasteiger partial charge in [-0.15, -0.1) is 24.4 Å². The van der Waals surface area contributed by atoms with E-state index in [1.54, 1.807) is 23.5 Å². The van der Waals surface area contributed by atoms with Crippen LogP contribution >= 0.6 is 36.2 Å². The van der Waals surface area contributed by atoms with Crippen molar-refractivity contribution in [3.63, 3.8) is 0 Å². The Balaban J connectivity index is -0.000000484. The van der Waals surface area contributed by atoms with Crippen LogP contribution in [-0.2, 0) is 0 Å². The molecule has 0 saturated heterocycles. The standard InChI is InChI=1S/C13H12S3.4C2H6/c1-15-11-6-8-13(9-7-11)16-12-4-2-10(14)3-5-12;4*1-2/h2-9,14H,1H3;4*1-2H3. The van der Waals surface area contributed by atoms with Gasteiger partial charge in [-0.25, -0.2) is 0 Å². The summed E-state index contributed by atoms with van der Waals surface area (Å²) in [6.07, 6.45) is 2.09. The lowest BCUT2D eigenvalue weighted by Crippen LogP contribution is -1.74. The van der Waals surface area contributed by atoms with Crippen LogP contribution in [0.1, 0.15) is 55.4 Å². The van der Waals surface area contributed by atoms with E-state index in [0.29, 0.717) is 0 Å². The molecule has 0 spiro atoms. The van der Waals surface area contributed by atoms with E-state index in [1.165, 1.54) is 14.7 Å². The van der Waals surface area contributed by atoms with Crippen LogP contribution in [0.5, 0.6) is 0 Å². The summed E-state index contributed by atoms with van der Waals surface area (Å²) in [5.41, 5.74) is 0. The molecular weight excluding hydrogens is 348 g/mol. The summed E-state index contributed by atoms with van der Waals surface area (Å²) in [6, 6.07) is 16.8. The Morgan fingerprint density at radius 3 is 1.17 bits per heavy atom. The van der Waals surface area contributed by atoms with Crippen LogP contribution in [0.25, 0.3) is 0 Å². The predicted molar refractivity (Wildman–Crippen MR) is 121 cm³/mol. The third-order valence-corrected chi connectivity index (χ3v) is 4.19. The van der Waals surface area contributed by atoms with E-state index >= 15 is 0 Å². The highest BCUT2D eigenvalue weighted by molar-refractivity contribution is 7.99. The fraction of sp³-hybridized carbons (Fsp3) is 0.429. The average molecular weight is 385 g/mol. The Morgan fingerprint density at radius 2 is 0.833 bits per heavy atom. The van der Waals surface area contributed by atoms with Crippen LogP contribution in [0.3, 0.4) is 0 Å². The molecular formula is C21H36S3. The van der Waals surface area contributed by atoms with Crippen molar-refractivity contribution in [2.24, 2.45) is 0 Å². The molecule has 0 aliphatic heterocycles. The molecule has 3 heteroatoms. The third-order valence-electron chi connectivity index (χ3n) is 2.13. The minimum absolute atomic E-state index is 1.00. The number of rotatable bonds is 3. The van der Waals surface area contributed by atoms with Crippen molar-refractivity contribution in [1.82, 2.24) is 0 Å². The summed E-state index contributed by atoms with van der Waals surface area (Å²) in [5, 5.41) is 0. The first-order valence-corrected chi connectivity index (χ1v) is 11.4. The highest BCUT2D eigenvalue weighted by atomic mass is 32.2. The normalized spacial score (nSPS) is 7.92. The molecule has 0 radical (unpaired) electrons. The van der Waals surface area contributed by atoms with Gasteiger partial charge >= 0.3 is 0 Å². The van der Waals surface area contributed by atoms with Gasteiger partial charge in [0.05, 0.1) is 0 Å². The maximum atomic E-state index is 4.27. The second-order valence-electron chi connectivity index (χ2n) is 3.27. The van der Waals surface area contributed by atoms with E-state index in [4.69, 9.17) is 0 Å². The molecule has 2 aromatic rings. The molecule has 2 aromatic carbocycles. The van der Waals surface area contributed by atoms with Crippen LogP contribution in [-0.4, -0.2) is 6.26 Å². The number of thioether (sulfide) groups is 1. The summed E-state index contributed by atoms with van der Waals surface area (Å²) >= 11 is 7.81. The summed E-state index contributed by atoms with van der Waals surface area (Å²) in [7, 11) is 0. The zero-order valence-corrected chi connectivity index (χ0v) is 19.4. The average Bonchev–Trinajstić information content (AvgIpc) is 2.70. The van der Waals surface area contributed by atoms with E-state index < -0.39 is 0 Å². The molecule has 0 aliphatic carbocycles. The number of benzene rings is 2. The molecule has 0 heterocycles. The maximum absolute atomic E-state index is 4.27. The number of hydrogen-bond acceptors (Lipinski definition) is 3. The first-order valence-electron chi connectivity index (χ1n) is 8.89. The van der Waals surface area contributed by atoms with Gasteiger partial charge in [-0.1, -0.05) is 67.2 Å². The Hall–Kier alpha value is -0.510. The van der Waals surface area contributed by atoms with E-state index in [-0.39, 0.29) is 0 Å². The van der Waals surface area contributed by atoms with Gasteiger partial charge in [-0.05, 0) is 54.8 Å². The maximum Gasteiger partial charge on any atom is 0.0123 e. The quantitative estimate of drug-likeness (QED) is 0.414. The van der Waals surface area contributed by atoms with E-state index in [0.717, 1.165) is 4.90 Å². The Labute approximate surface area is 165 Å². The lowest BCUT2D eigenvalue weighted by atomic mass is 10.4. The molecule has 0 nitrogen and oxygen atoms in total. The zero-order valence-electron chi connectivity index (χ0n) is 16.9. The largest absolute Gasteiger partial charge is 0.143 e. The number of thiol groups is 1. The van der Waals surface area contributed by atoms with Gasteiger partial charge in [-0.3, -0.25) is 0 Å². The Kier molecular flexibility index (Phi) is 26.5. The topological polar surface area (TPSA) is 0 Å². The summed E-state index contributed by atoms with van der Waals surface area (Å²) in [4.78, 5) is 4.82. The summed E-state index contributed by atoms with van der Waals surface area (Å²) in [6.45, 7) is 16.0. The summed E-state index contributed by atoms with van der Waals surface area (Å²) < 4.78 is 0. The van der Waals surface area contributed by atoms with Crippen molar-refractivity contribution >= 4 is 36.2 Å². The molecule has 0 bridgehead atoms. The van der Waals surface area contributed by atoms with Gasteiger partial charge in [0.25, 0.3) is 0 Å². The monoisotopic (exact) mass is 384 g/mol. The van der Waals surface area contributed by atoms with Crippen molar-refractivity contribution in [3.8, 4) is 0 Å². The second-order valence-corrected chi connectivity index (χ2v) is 5.81. The van der Waals surface area contributed by atoms with Crippen molar-refractivity contribution in [2.45, 2.75) is 75.0 Å². The zero-order chi connectivity index (χ0) is 19.4. The fourth-order valence-corrected chi connectivity index (χ4v) is 2.67. The van der Waals surface area contributed by atoms with Gasteiger partial charge in [0.2, 0.25) is 0 Å². The van der Waals surface area contributed by atoms with Crippen LogP contribution in [0.4, 0.5) is 0 Å². The summed E-state index contributed by atoms with van der Waals surface area (Å²) in [5.74, 6) is 0. The molecule has 2 rings (SSSR count). The molecule has 0 aliphatic rings.